The Balaban J connectivity index is 1.73. The van der Waals surface area contributed by atoms with Crippen LogP contribution in [0.3, 0.4) is 0 Å². The Labute approximate surface area is 167 Å². The molecule has 0 radical (unpaired) electrons. The second-order valence-corrected chi connectivity index (χ2v) is 5.98. The molecule has 10 nitrogen and oxygen atoms in total. The Morgan fingerprint density at radius 3 is 1.55 bits per heavy atom. The molecule has 0 heterocycles. The molecule has 0 fully saturated rings. The van der Waals surface area contributed by atoms with E-state index in [-0.39, 0.29) is 31.4 Å². The van der Waals surface area contributed by atoms with E-state index in [4.69, 9.17) is 11.5 Å². The van der Waals surface area contributed by atoms with Crippen LogP contribution in [0.15, 0.2) is 48.5 Å². The summed E-state index contributed by atoms with van der Waals surface area (Å²) in [6.07, 6.45) is 0. The molecule has 2 aromatic rings. The molecule has 29 heavy (non-hydrogen) atoms. The van der Waals surface area contributed by atoms with Crippen molar-refractivity contribution in [2.45, 2.75) is 0 Å². The summed E-state index contributed by atoms with van der Waals surface area (Å²) in [4.78, 5) is 45.7. The van der Waals surface area contributed by atoms with Crippen molar-refractivity contribution >= 4 is 35.1 Å². The monoisotopic (exact) mass is 398 g/mol. The topological polar surface area (TPSA) is 168 Å². The minimum atomic E-state index is -0.686. The predicted octanol–water partition coefficient (Wildman–Crippen LogP) is 0.234. The fraction of sp³-hybridized carbons (Fsp3) is 0.158. The van der Waals surface area contributed by atoms with Gasteiger partial charge in [-0.1, -0.05) is 0 Å². The van der Waals surface area contributed by atoms with Gasteiger partial charge in [-0.15, -0.1) is 0 Å². The summed E-state index contributed by atoms with van der Waals surface area (Å²) in [7, 11) is 0. The minimum absolute atomic E-state index is 0.00955. The number of carbonyl (C=O) groups excluding carboxylic acids is 4. The van der Waals surface area contributed by atoms with Crippen molar-refractivity contribution < 1.29 is 19.2 Å². The maximum atomic E-state index is 12.1. The van der Waals surface area contributed by atoms with E-state index in [1.165, 1.54) is 0 Å². The number of primary amides is 2. The fourth-order valence-electron chi connectivity index (χ4n) is 2.33. The summed E-state index contributed by atoms with van der Waals surface area (Å²) in [5, 5.41) is 10.6. The van der Waals surface area contributed by atoms with Gasteiger partial charge in [-0.2, -0.15) is 0 Å². The quantitative estimate of drug-likeness (QED) is 0.332. The number of nitrogens with one attached hydrogen (secondary N) is 4. The highest BCUT2D eigenvalue weighted by Crippen LogP contribution is 2.10. The first-order valence-electron chi connectivity index (χ1n) is 8.70. The van der Waals surface area contributed by atoms with Crippen molar-refractivity contribution in [3.63, 3.8) is 0 Å². The number of amides is 5. The lowest BCUT2D eigenvalue weighted by atomic mass is 10.2. The van der Waals surface area contributed by atoms with Crippen LogP contribution in [0.25, 0.3) is 0 Å². The molecule has 0 saturated heterocycles. The van der Waals surface area contributed by atoms with Gasteiger partial charge in [0.25, 0.3) is 11.8 Å². The number of hydrogen-bond donors (Lipinski definition) is 6. The first kappa shape index (κ1) is 21.2. The molecule has 0 aliphatic carbocycles. The average molecular weight is 398 g/mol. The van der Waals surface area contributed by atoms with Gasteiger partial charge in [0.15, 0.2) is 0 Å². The molecule has 0 bridgehead atoms. The van der Waals surface area contributed by atoms with E-state index >= 15 is 0 Å². The van der Waals surface area contributed by atoms with Gasteiger partial charge in [-0.3, -0.25) is 14.4 Å². The number of benzene rings is 2. The molecule has 0 atom stereocenters. The van der Waals surface area contributed by atoms with Gasteiger partial charge in [0.1, 0.15) is 0 Å². The zero-order chi connectivity index (χ0) is 21.2. The SMILES string of the molecule is NC(=O)CNc1ccc(C(=O)NCCNC(=O)c2ccc(NC(N)=O)cc2)cc1. The lowest BCUT2D eigenvalue weighted by Crippen LogP contribution is -2.34. The molecule has 0 unspecified atom stereocenters. The Kier molecular flexibility index (Phi) is 7.54. The highest BCUT2D eigenvalue weighted by Gasteiger charge is 2.07. The molecule has 10 heteroatoms. The fourth-order valence-corrected chi connectivity index (χ4v) is 2.33. The van der Waals surface area contributed by atoms with Crippen LogP contribution < -0.4 is 32.7 Å². The highest BCUT2D eigenvalue weighted by atomic mass is 16.2. The summed E-state index contributed by atoms with van der Waals surface area (Å²) in [5.41, 5.74) is 12.1. The summed E-state index contributed by atoms with van der Waals surface area (Å²) in [5.74, 6) is -1.08. The van der Waals surface area contributed by atoms with Gasteiger partial charge in [0.05, 0.1) is 6.54 Å². The summed E-state index contributed by atoms with van der Waals surface area (Å²) in [6.45, 7) is 0.493. The Morgan fingerprint density at radius 1 is 0.690 bits per heavy atom. The molecule has 2 rings (SSSR count). The summed E-state index contributed by atoms with van der Waals surface area (Å²) >= 11 is 0. The third-order valence-electron chi connectivity index (χ3n) is 3.72. The number of nitrogens with two attached hydrogens (primary N) is 2. The molecule has 0 spiro atoms. The van der Waals surface area contributed by atoms with Crippen LogP contribution in [0.4, 0.5) is 16.2 Å². The highest BCUT2D eigenvalue weighted by molar-refractivity contribution is 5.96. The van der Waals surface area contributed by atoms with E-state index in [1.54, 1.807) is 48.5 Å². The van der Waals surface area contributed by atoms with Gasteiger partial charge in [-0.25, -0.2) is 4.79 Å². The molecule has 0 aliphatic heterocycles. The minimum Gasteiger partial charge on any atom is -0.376 e. The van der Waals surface area contributed by atoms with E-state index in [1.807, 2.05) is 0 Å². The third-order valence-corrected chi connectivity index (χ3v) is 3.72. The largest absolute Gasteiger partial charge is 0.376 e. The third kappa shape index (κ3) is 7.21. The summed E-state index contributed by atoms with van der Waals surface area (Å²) in [6, 6.07) is 12.1. The Hall–Kier alpha value is -4.08. The second kappa shape index (κ2) is 10.3. The van der Waals surface area contributed by atoms with Gasteiger partial charge < -0.3 is 32.7 Å². The van der Waals surface area contributed by atoms with Crippen LogP contribution in [0.5, 0.6) is 0 Å². The molecule has 2 aromatic carbocycles. The average Bonchev–Trinajstić information content (AvgIpc) is 2.69. The van der Waals surface area contributed by atoms with Crippen molar-refractivity contribution in [3.8, 4) is 0 Å². The van der Waals surface area contributed by atoms with Crippen LogP contribution in [0, 0.1) is 0 Å². The molecular formula is C19H22N6O4. The van der Waals surface area contributed by atoms with Crippen molar-refractivity contribution in [3.05, 3.63) is 59.7 Å². The number of hydrogen-bond acceptors (Lipinski definition) is 5. The van der Waals surface area contributed by atoms with Crippen LogP contribution >= 0.6 is 0 Å². The molecule has 0 aliphatic rings. The van der Waals surface area contributed by atoms with Gasteiger partial charge >= 0.3 is 6.03 Å². The van der Waals surface area contributed by atoms with Crippen molar-refractivity contribution in [1.82, 2.24) is 10.6 Å². The van der Waals surface area contributed by atoms with Crippen LogP contribution in [0.1, 0.15) is 20.7 Å². The van der Waals surface area contributed by atoms with E-state index in [0.717, 1.165) is 0 Å². The van der Waals surface area contributed by atoms with E-state index < -0.39 is 11.9 Å². The lowest BCUT2D eigenvalue weighted by molar-refractivity contribution is -0.116. The Bertz CT molecular complexity index is 881. The van der Waals surface area contributed by atoms with Gasteiger partial charge in [0, 0.05) is 35.6 Å². The van der Waals surface area contributed by atoms with E-state index in [2.05, 4.69) is 21.3 Å². The van der Waals surface area contributed by atoms with Gasteiger partial charge in [-0.05, 0) is 48.5 Å². The van der Waals surface area contributed by atoms with Crippen LogP contribution in [-0.4, -0.2) is 43.4 Å². The zero-order valence-corrected chi connectivity index (χ0v) is 15.5. The first-order chi connectivity index (χ1) is 13.8. The number of anilines is 2. The second-order valence-electron chi connectivity index (χ2n) is 5.98. The van der Waals surface area contributed by atoms with Crippen molar-refractivity contribution in [2.75, 3.05) is 30.3 Å². The maximum Gasteiger partial charge on any atom is 0.316 e. The first-order valence-corrected chi connectivity index (χ1v) is 8.70. The normalized spacial score (nSPS) is 9.93. The Morgan fingerprint density at radius 2 is 1.14 bits per heavy atom. The maximum absolute atomic E-state index is 12.1. The molecule has 0 saturated carbocycles. The molecule has 0 aromatic heterocycles. The smallest absolute Gasteiger partial charge is 0.316 e. The van der Waals surface area contributed by atoms with E-state index in [0.29, 0.717) is 22.5 Å². The van der Waals surface area contributed by atoms with Crippen molar-refractivity contribution in [1.29, 1.82) is 0 Å². The summed E-state index contributed by atoms with van der Waals surface area (Å²) < 4.78 is 0. The molecular weight excluding hydrogens is 376 g/mol. The lowest BCUT2D eigenvalue weighted by Gasteiger charge is -2.09. The predicted molar refractivity (Wildman–Crippen MR) is 108 cm³/mol. The van der Waals surface area contributed by atoms with Crippen molar-refractivity contribution in [2.24, 2.45) is 11.5 Å². The zero-order valence-electron chi connectivity index (χ0n) is 15.5. The number of urea groups is 1. The van der Waals surface area contributed by atoms with Gasteiger partial charge in [0.2, 0.25) is 5.91 Å². The molecule has 5 amide bonds. The molecule has 8 N–H and O–H groups in total. The standard InChI is InChI=1S/C19H22N6O4/c20-16(26)11-24-14-5-1-12(2-6-14)17(27)22-9-10-23-18(28)13-3-7-15(8-4-13)25-19(21)29/h1-8,24H,9-11H2,(H2,20,26)(H,22,27)(H,23,28)(H3,21,25,29). The molecule has 152 valence electrons. The van der Waals surface area contributed by atoms with Crippen LogP contribution in [0.2, 0.25) is 0 Å². The number of carbonyl (C=O) groups is 4. The van der Waals surface area contributed by atoms with Crippen LogP contribution in [-0.2, 0) is 4.79 Å². The number of rotatable bonds is 9. The van der Waals surface area contributed by atoms with E-state index in [9.17, 15) is 19.2 Å².